The second kappa shape index (κ2) is 5.64. The predicted octanol–water partition coefficient (Wildman–Crippen LogP) is 1.71. The number of aromatic nitrogens is 2. The zero-order valence-corrected chi connectivity index (χ0v) is 11.8. The number of nitrogens with two attached hydrogens (primary N) is 1. The number of carbonyl (C=O) groups excluding carboxylic acids is 1. The average molecular weight is 274 g/mol. The normalized spacial score (nSPS) is 10.3. The van der Waals surface area contributed by atoms with Crippen LogP contribution < -0.4 is 11.1 Å². The minimum absolute atomic E-state index is 0.375. The lowest BCUT2D eigenvalue weighted by atomic mass is 10.1. The second-order valence-corrected chi connectivity index (χ2v) is 4.55. The number of nitrogen functional groups attached to an aromatic ring is 1. The van der Waals surface area contributed by atoms with Gasteiger partial charge in [0.1, 0.15) is 0 Å². The maximum absolute atomic E-state index is 11.7. The number of aryl methyl sites for hydroxylation is 2. The molecule has 2 rings (SSSR count). The summed E-state index contributed by atoms with van der Waals surface area (Å²) in [7, 11) is 3.22. The molecule has 0 aliphatic carbocycles. The molecule has 1 aromatic carbocycles. The van der Waals surface area contributed by atoms with Gasteiger partial charge in [-0.05, 0) is 30.7 Å². The Morgan fingerprint density at radius 3 is 2.85 bits per heavy atom. The first-order valence-corrected chi connectivity index (χ1v) is 6.22. The average Bonchev–Trinajstić information content (AvgIpc) is 2.84. The first-order chi connectivity index (χ1) is 9.52. The number of anilines is 2. The fourth-order valence-corrected chi connectivity index (χ4v) is 1.95. The fourth-order valence-electron chi connectivity index (χ4n) is 1.95. The highest BCUT2D eigenvalue weighted by atomic mass is 16.5. The number of carbonyl (C=O) groups is 1. The molecule has 0 unspecified atom stereocenters. The van der Waals surface area contributed by atoms with Crippen LogP contribution in [0.2, 0.25) is 0 Å². The van der Waals surface area contributed by atoms with Crippen molar-refractivity contribution in [2.45, 2.75) is 13.5 Å². The maximum Gasteiger partial charge on any atom is 0.340 e. The number of ether oxygens (including phenoxy) is 1. The van der Waals surface area contributed by atoms with E-state index >= 15 is 0 Å². The molecule has 0 atom stereocenters. The van der Waals surface area contributed by atoms with Crippen molar-refractivity contribution in [3.63, 3.8) is 0 Å². The van der Waals surface area contributed by atoms with E-state index in [2.05, 4.69) is 10.4 Å². The van der Waals surface area contributed by atoms with Crippen LogP contribution in [-0.2, 0) is 18.3 Å². The first-order valence-electron chi connectivity index (χ1n) is 6.22. The van der Waals surface area contributed by atoms with Crippen LogP contribution in [0.3, 0.4) is 0 Å². The minimum atomic E-state index is -0.435. The summed E-state index contributed by atoms with van der Waals surface area (Å²) in [6.45, 7) is 2.47. The predicted molar refractivity (Wildman–Crippen MR) is 77.5 cm³/mol. The van der Waals surface area contributed by atoms with E-state index in [0.29, 0.717) is 17.8 Å². The van der Waals surface area contributed by atoms with E-state index in [4.69, 9.17) is 10.5 Å². The van der Waals surface area contributed by atoms with Crippen molar-refractivity contribution in [1.29, 1.82) is 0 Å². The Balaban J connectivity index is 2.22. The van der Waals surface area contributed by atoms with E-state index in [9.17, 15) is 4.79 Å². The van der Waals surface area contributed by atoms with Crippen LogP contribution in [0, 0.1) is 6.92 Å². The molecule has 6 heteroatoms. The molecule has 0 aliphatic rings. The Morgan fingerprint density at radius 2 is 2.25 bits per heavy atom. The van der Waals surface area contributed by atoms with Gasteiger partial charge >= 0.3 is 5.97 Å². The third-order valence-corrected chi connectivity index (χ3v) is 3.19. The van der Waals surface area contributed by atoms with Crippen molar-refractivity contribution in [3.05, 3.63) is 41.2 Å². The molecule has 2 aromatic rings. The molecular weight excluding hydrogens is 256 g/mol. The molecule has 106 valence electrons. The van der Waals surface area contributed by atoms with E-state index in [-0.39, 0.29) is 0 Å². The Bertz CT molecular complexity index is 634. The lowest BCUT2D eigenvalue weighted by Crippen LogP contribution is -2.10. The molecule has 1 aromatic heterocycles. The van der Waals surface area contributed by atoms with E-state index in [1.165, 1.54) is 7.11 Å². The molecule has 6 nitrogen and oxygen atoms in total. The molecule has 0 saturated carbocycles. The lowest BCUT2D eigenvalue weighted by Gasteiger charge is -2.12. The lowest BCUT2D eigenvalue weighted by molar-refractivity contribution is 0.0602. The summed E-state index contributed by atoms with van der Waals surface area (Å²) in [6.07, 6.45) is 1.74. The van der Waals surface area contributed by atoms with Crippen LogP contribution in [-0.4, -0.2) is 22.9 Å². The van der Waals surface area contributed by atoms with Gasteiger partial charge in [0, 0.05) is 24.6 Å². The van der Waals surface area contributed by atoms with Gasteiger partial charge in [-0.25, -0.2) is 4.79 Å². The van der Waals surface area contributed by atoms with E-state index in [1.807, 2.05) is 26.1 Å². The van der Waals surface area contributed by atoms with E-state index in [1.54, 1.807) is 16.9 Å². The molecule has 0 saturated heterocycles. The summed E-state index contributed by atoms with van der Waals surface area (Å²) >= 11 is 0. The SMILES string of the molecule is COC(=O)c1cc(NCc2ccnn2C)cc(C)c1N. The first kappa shape index (κ1) is 13.9. The van der Waals surface area contributed by atoms with Crippen molar-refractivity contribution in [2.75, 3.05) is 18.2 Å². The van der Waals surface area contributed by atoms with Gasteiger partial charge in [0.25, 0.3) is 0 Å². The highest BCUT2D eigenvalue weighted by Gasteiger charge is 2.13. The van der Waals surface area contributed by atoms with Gasteiger partial charge in [-0.3, -0.25) is 4.68 Å². The van der Waals surface area contributed by atoms with Gasteiger partial charge in [-0.2, -0.15) is 5.10 Å². The van der Waals surface area contributed by atoms with Crippen LogP contribution in [0.25, 0.3) is 0 Å². The minimum Gasteiger partial charge on any atom is -0.465 e. The Morgan fingerprint density at radius 1 is 1.50 bits per heavy atom. The number of hydrogen-bond acceptors (Lipinski definition) is 5. The molecule has 0 aliphatic heterocycles. The summed E-state index contributed by atoms with van der Waals surface area (Å²) < 4.78 is 6.53. The quantitative estimate of drug-likeness (QED) is 0.655. The molecular formula is C14H18N4O2. The topological polar surface area (TPSA) is 82.2 Å². The van der Waals surface area contributed by atoms with Crippen molar-refractivity contribution >= 4 is 17.3 Å². The second-order valence-electron chi connectivity index (χ2n) is 4.55. The van der Waals surface area contributed by atoms with Gasteiger partial charge in [0.2, 0.25) is 0 Å². The van der Waals surface area contributed by atoms with Crippen LogP contribution in [0.1, 0.15) is 21.6 Å². The zero-order valence-electron chi connectivity index (χ0n) is 11.8. The molecule has 0 amide bonds. The third kappa shape index (κ3) is 2.74. The van der Waals surface area contributed by atoms with Gasteiger partial charge in [0.05, 0.1) is 24.9 Å². The number of hydrogen-bond donors (Lipinski definition) is 2. The number of benzene rings is 1. The number of esters is 1. The van der Waals surface area contributed by atoms with E-state index in [0.717, 1.165) is 16.9 Å². The van der Waals surface area contributed by atoms with Gasteiger partial charge in [0.15, 0.2) is 0 Å². The number of nitrogens with zero attached hydrogens (tertiary/aromatic N) is 2. The number of rotatable bonds is 4. The van der Waals surface area contributed by atoms with E-state index < -0.39 is 5.97 Å². The van der Waals surface area contributed by atoms with Crippen LogP contribution >= 0.6 is 0 Å². The van der Waals surface area contributed by atoms with Crippen LogP contribution in [0.5, 0.6) is 0 Å². The Hall–Kier alpha value is -2.50. The highest BCUT2D eigenvalue weighted by Crippen LogP contribution is 2.23. The molecule has 3 N–H and O–H groups in total. The Kier molecular flexibility index (Phi) is 3.93. The summed E-state index contributed by atoms with van der Waals surface area (Å²) in [4.78, 5) is 11.7. The van der Waals surface area contributed by atoms with Crippen molar-refractivity contribution in [2.24, 2.45) is 7.05 Å². The molecule has 0 spiro atoms. The van der Waals surface area contributed by atoms with Gasteiger partial charge in [-0.15, -0.1) is 0 Å². The van der Waals surface area contributed by atoms with Gasteiger partial charge < -0.3 is 15.8 Å². The summed E-state index contributed by atoms with van der Waals surface area (Å²) in [5.41, 5.74) is 9.41. The van der Waals surface area contributed by atoms with Gasteiger partial charge in [-0.1, -0.05) is 0 Å². The summed E-state index contributed by atoms with van der Waals surface area (Å²) in [5, 5.41) is 7.35. The molecule has 0 radical (unpaired) electrons. The third-order valence-electron chi connectivity index (χ3n) is 3.19. The molecule has 0 fully saturated rings. The monoisotopic (exact) mass is 274 g/mol. The highest BCUT2D eigenvalue weighted by molar-refractivity contribution is 5.97. The summed E-state index contributed by atoms with van der Waals surface area (Å²) in [5.74, 6) is -0.435. The number of nitrogens with one attached hydrogen (secondary N) is 1. The smallest absolute Gasteiger partial charge is 0.340 e. The maximum atomic E-state index is 11.7. The van der Waals surface area contributed by atoms with Crippen molar-refractivity contribution < 1.29 is 9.53 Å². The van der Waals surface area contributed by atoms with Crippen molar-refractivity contribution in [3.8, 4) is 0 Å². The molecule has 0 bridgehead atoms. The molecule has 1 heterocycles. The fraction of sp³-hybridized carbons (Fsp3) is 0.286. The standard InChI is InChI=1S/C14H18N4O2/c1-9-6-10(7-12(13(9)15)14(19)20-3)16-8-11-4-5-17-18(11)2/h4-7,16H,8,15H2,1-3H3. The zero-order chi connectivity index (χ0) is 14.7. The summed E-state index contributed by atoms with van der Waals surface area (Å²) in [6, 6.07) is 5.53. The Labute approximate surface area is 117 Å². The number of methoxy groups -OCH3 is 1. The van der Waals surface area contributed by atoms with Crippen LogP contribution in [0.4, 0.5) is 11.4 Å². The molecule has 20 heavy (non-hydrogen) atoms. The largest absolute Gasteiger partial charge is 0.465 e. The van der Waals surface area contributed by atoms with Crippen molar-refractivity contribution in [1.82, 2.24) is 9.78 Å². The van der Waals surface area contributed by atoms with Crippen LogP contribution in [0.15, 0.2) is 24.4 Å².